The third kappa shape index (κ3) is 4.18. The van der Waals surface area contributed by atoms with Crippen molar-refractivity contribution in [1.29, 1.82) is 0 Å². The predicted molar refractivity (Wildman–Crippen MR) is 103 cm³/mol. The molecule has 3 rings (SSSR count). The van der Waals surface area contributed by atoms with Crippen LogP contribution in [0.3, 0.4) is 0 Å². The van der Waals surface area contributed by atoms with Gasteiger partial charge in [-0.15, -0.1) is 0 Å². The Hall–Kier alpha value is -0.850. The Balaban J connectivity index is 1.69. The van der Waals surface area contributed by atoms with Crippen molar-refractivity contribution in [3.8, 4) is 0 Å². The first kappa shape index (κ1) is 19.9. The lowest BCUT2D eigenvalue weighted by Gasteiger charge is -2.46. The maximum Gasteiger partial charge on any atom is 0.227 e. The maximum atomic E-state index is 12.9. The van der Waals surface area contributed by atoms with Gasteiger partial charge in [0, 0.05) is 32.0 Å². The number of nitrogens with zero attached hydrogens (tertiary/aromatic N) is 2. The molecule has 26 heavy (non-hydrogen) atoms. The second kappa shape index (κ2) is 8.03. The van der Waals surface area contributed by atoms with Crippen LogP contribution in [0.15, 0.2) is 18.2 Å². The molecule has 1 amide bonds. The van der Waals surface area contributed by atoms with E-state index in [0.717, 1.165) is 24.8 Å². The Morgan fingerprint density at radius 3 is 2.46 bits per heavy atom. The fraction of sp³-hybridized carbons (Fsp3) is 0.632. The van der Waals surface area contributed by atoms with Crippen LogP contribution in [0.5, 0.6) is 0 Å². The molecule has 5 nitrogen and oxygen atoms in total. The number of hydrogen-bond donors (Lipinski definition) is 0. The first-order valence-electron chi connectivity index (χ1n) is 8.95. The van der Waals surface area contributed by atoms with Gasteiger partial charge < -0.3 is 19.3 Å². The van der Waals surface area contributed by atoms with Gasteiger partial charge in [-0.05, 0) is 38.2 Å². The average molecular weight is 401 g/mol. The van der Waals surface area contributed by atoms with Gasteiger partial charge in [0.1, 0.15) is 0 Å². The summed E-state index contributed by atoms with van der Waals surface area (Å²) >= 11 is 12.0. The molecule has 1 saturated carbocycles. The Bertz CT molecular complexity index is 662. The summed E-state index contributed by atoms with van der Waals surface area (Å²) in [4.78, 5) is 16.9. The molecule has 1 spiro atoms. The standard InChI is InChI=1S/C19H26Cl2N2O3/c1-22(2)17-12-19(25-8-9-26-19)7-6-16(17)23(3)18(24)11-13-4-5-14(20)15(21)10-13/h4-5,10,16-17H,6-9,11-12H2,1-3H3. The van der Waals surface area contributed by atoms with Crippen LogP contribution >= 0.6 is 23.2 Å². The molecule has 0 N–H and O–H groups in total. The highest BCUT2D eigenvalue weighted by Gasteiger charge is 2.47. The third-order valence-electron chi connectivity index (χ3n) is 5.49. The average Bonchev–Trinajstić information content (AvgIpc) is 3.05. The Kier molecular flexibility index (Phi) is 6.14. The van der Waals surface area contributed by atoms with Crippen molar-refractivity contribution in [2.24, 2.45) is 0 Å². The fourth-order valence-electron chi connectivity index (χ4n) is 3.99. The van der Waals surface area contributed by atoms with Crippen molar-refractivity contribution >= 4 is 29.1 Å². The Labute approximate surface area is 165 Å². The predicted octanol–water partition coefficient (Wildman–Crippen LogP) is 3.22. The lowest BCUT2D eigenvalue weighted by Crippen LogP contribution is -2.57. The first-order valence-corrected chi connectivity index (χ1v) is 9.71. The monoisotopic (exact) mass is 400 g/mol. The van der Waals surface area contributed by atoms with Crippen molar-refractivity contribution < 1.29 is 14.3 Å². The molecule has 2 fully saturated rings. The topological polar surface area (TPSA) is 42.0 Å². The summed E-state index contributed by atoms with van der Waals surface area (Å²) in [5.74, 6) is -0.400. The van der Waals surface area contributed by atoms with Gasteiger partial charge in [0.2, 0.25) is 5.91 Å². The SMILES string of the molecule is CN(C)C1CC2(CCC1N(C)C(=O)Cc1ccc(Cl)c(Cl)c1)OCCO2. The number of ether oxygens (including phenoxy) is 2. The van der Waals surface area contributed by atoms with Crippen molar-refractivity contribution in [2.45, 2.75) is 43.6 Å². The maximum absolute atomic E-state index is 12.9. The van der Waals surface area contributed by atoms with Gasteiger partial charge in [-0.25, -0.2) is 0 Å². The van der Waals surface area contributed by atoms with E-state index in [1.807, 2.05) is 32.1 Å². The molecule has 1 aromatic carbocycles. The molecular weight excluding hydrogens is 375 g/mol. The highest BCUT2D eigenvalue weighted by molar-refractivity contribution is 6.42. The van der Waals surface area contributed by atoms with Gasteiger partial charge in [-0.2, -0.15) is 0 Å². The first-order chi connectivity index (χ1) is 12.3. The zero-order valence-electron chi connectivity index (χ0n) is 15.5. The summed E-state index contributed by atoms with van der Waals surface area (Å²) in [5.41, 5.74) is 0.868. The van der Waals surface area contributed by atoms with E-state index in [1.165, 1.54) is 0 Å². The van der Waals surface area contributed by atoms with Gasteiger partial charge in [0.05, 0.1) is 29.7 Å². The molecule has 1 aliphatic heterocycles. The summed E-state index contributed by atoms with van der Waals surface area (Å²) in [5, 5.41) is 0.971. The van der Waals surface area contributed by atoms with E-state index >= 15 is 0 Å². The summed E-state index contributed by atoms with van der Waals surface area (Å²) in [6.45, 7) is 1.30. The van der Waals surface area contributed by atoms with Crippen LogP contribution in [0, 0.1) is 0 Å². The van der Waals surface area contributed by atoms with E-state index in [-0.39, 0.29) is 18.0 Å². The molecule has 1 aromatic rings. The minimum Gasteiger partial charge on any atom is -0.347 e. The smallest absolute Gasteiger partial charge is 0.227 e. The number of benzene rings is 1. The van der Waals surface area contributed by atoms with Crippen LogP contribution in [0.1, 0.15) is 24.8 Å². The number of hydrogen-bond acceptors (Lipinski definition) is 4. The van der Waals surface area contributed by atoms with E-state index < -0.39 is 5.79 Å². The molecular formula is C19H26Cl2N2O3. The van der Waals surface area contributed by atoms with E-state index in [0.29, 0.717) is 29.7 Å². The summed E-state index contributed by atoms with van der Waals surface area (Å²) in [6.07, 6.45) is 2.75. The number of carbonyl (C=O) groups excluding carboxylic acids is 1. The lowest BCUT2D eigenvalue weighted by atomic mass is 9.84. The van der Waals surface area contributed by atoms with Crippen LogP contribution in [-0.4, -0.2) is 67.9 Å². The quantitative estimate of drug-likeness (QED) is 0.777. The second-order valence-electron chi connectivity index (χ2n) is 7.38. The molecule has 0 bridgehead atoms. The molecule has 1 aliphatic carbocycles. The molecule has 1 saturated heterocycles. The van der Waals surface area contributed by atoms with Gasteiger partial charge in [-0.1, -0.05) is 29.3 Å². The van der Waals surface area contributed by atoms with E-state index in [2.05, 4.69) is 4.90 Å². The van der Waals surface area contributed by atoms with Crippen LogP contribution in [0.2, 0.25) is 10.0 Å². The van der Waals surface area contributed by atoms with Crippen molar-refractivity contribution in [1.82, 2.24) is 9.80 Å². The molecule has 0 aromatic heterocycles. The van der Waals surface area contributed by atoms with E-state index in [4.69, 9.17) is 32.7 Å². The minimum atomic E-state index is -0.473. The largest absolute Gasteiger partial charge is 0.347 e. The zero-order valence-corrected chi connectivity index (χ0v) is 17.0. The number of carbonyl (C=O) groups is 1. The van der Waals surface area contributed by atoms with Crippen molar-refractivity contribution in [2.75, 3.05) is 34.4 Å². The molecule has 2 atom stereocenters. The van der Waals surface area contributed by atoms with Crippen LogP contribution in [-0.2, 0) is 20.7 Å². The highest BCUT2D eigenvalue weighted by atomic mass is 35.5. The zero-order chi connectivity index (χ0) is 18.9. The van der Waals surface area contributed by atoms with Gasteiger partial charge in [0.25, 0.3) is 0 Å². The summed E-state index contributed by atoms with van der Waals surface area (Å²) < 4.78 is 11.8. The van der Waals surface area contributed by atoms with E-state index in [9.17, 15) is 4.79 Å². The second-order valence-corrected chi connectivity index (χ2v) is 8.19. The normalized spacial score (nSPS) is 25.0. The molecule has 7 heteroatoms. The summed E-state index contributed by atoms with van der Waals surface area (Å²) in [6, 6.07) is 5.64. The number of halogens is 2. The van der Waals surface area contributed by atoms with Crippen LogP contribution in [0.4, 0.5) is 0 Å². The molecule has 2 unspecified atom stereocenters. The van der Waals surface area contributed by atoms with Gasteiger partial charge in [-0.3, -0.25) is 4.79 Å². The highest BCUT2D eigenvalue weighted by Crippen LogP contribution is 2.39. The van der Waals surface area contributed by atoms with Crippen molar-refractivity contribution in [3.63, 3.8) is 0 Å². The van der Waals surface area contributed by atoms with Gasteiger partial charge >= 0.3 is 0 Å². The number of likely N-dealkylation sites (N-methyl/N-ethyl adjacent to an activating group) is 2. The van der Waals surface area contributed by atoms with Crippen LogP contribution < -0.4 is 0 Å². The fourth-order valence-corrected chi connectivity index (χ4v) is 4.31. The number of amides is 1. The van der Waals surface area contributed by atoms with Crippen LogP contribution in [0.25, 0.3) is 0 Å². The minimum absolute atomic E-state index is 0.0736. The molecule has 1 heterocycles. The number of rotatable bonds is 4. The summed E-state index contributed by atoms with van der Waals surface area (Å²) in [7, 11) is 5.97. The molecule has 2 aliphatic rings. The lowest BCUT2D eigenvalue weighted by molar-refractivity contribution is -0.197. The van der Waals surface area contributed by atoms with E-state index in [1.54, 1.807) is 12.1 Å². The third-order valence-corrected chi connectivity index (χ3v) is 6.23. The van der Waals surface area contributed by atoms with Crippen molar-refractivity contribution in [3.05, 3.63) is 33.8 Å². The van der Waals surface area contributed by atoms with Gasteiger partial charge in [0.15, 0.2) is 5.79 Å². The molecule has 0 radical (unpaired) electrons. The molecule has 144 valence electrons. The Morgan fingerprint density at radius 1 is 1.15 bits per heavy atom. The Morgan fingerprint density at radius 2 is 1.85 bits per heavy atom.